The van der Waals surface area contributed by atoms with Crippen molar-refractivity contribution in [2.45, 2.75) is 39.7 Å². The molecular weight excluding hydrogens is 200 g/mol. The highest BCUT2D eigenvalue weighted by atomic mass is 16.3. The molecule has 0 saturated carbocycles. The van der Waals surface area contributed by atoms with Gasteiger partial charge in [0.05, 0.1) is 0 Å². The SMILES string of the molecule is CCN1CCC(C(C)NCC(C)CO)CC1. The Labute approximate surface area is 100 Å². The third-order valence-electron chi connectivity index (χ3n) is 3.89. The normalized spacial score (nSPS) is 23.2. The monoisotopic (exact) mass is 228 g/mol. The maximum Gasteiger partial charge on any atom is 0.0468 e. The summed E-state index contributed by atoms with van der Waals surface area (Å²) in [4.78, 5) is 2.53. The van der Waals surface area contributed by atoms with Crippen molar-refractivity contribution in [1.29, 1.82) is 0 Å². The molecule has 16 heavy (non-hydrogen) atoms. The van der Waals surface area contributed by atoms with Gasteiger partial charge in [0.1, 0.15) is 0 Å². The van der Waals surface area contributed by atoms with E-state index in [9.17, 15) is 0 Å². The van der Waals surface area contributed by atoms with Crippen LogP contribution in [0.1, 0.15) is 33.6 Å². The van der Waals surface area contributed by atoms with Crippen LogP contribution in [-0.4, -0.2) is 48.8 Å². The van der Waals surface area contributed by atoms with Gasteiger partial charge in [-0.3, -0.25) is 0 Å². The topological polar surface area (TPSA) is 35.5 Å². The number of aliphatic hydroxyl groups excluding tert-OH is 1. The molecule has 3 nitrogen and oxygen atoms in total. The molecule has 1 rings (SSSR count). The van der Waals surface area contributed by atoms with Crippen molar-refractivity contribution in [1.82, 2.24) is 10.2 Å². The molecule has 2 unspecified atom stereocenters. The van der Waals surface area contributed by atoms with E-state index in [1.165, 1.54) is 32.5 Å². The number of hydrogen-bond acceptors (Lipinski definition) is 3. The van der Waals surface area contributed by atoms with E-state index in [1.807, 2.05) is 0 Å². The van der Waals surface area contributed by atoms with Crippen LogP contribution in [0, 0.1) is 11.8 Å². The molecule has 0 spiro atoms. The van der Waals surface area contributed by atoms with E-state index in [4.69, 9.17) is 5.11 Å². The largest absolute Gasteiger partial charge is 0.396 e. The maximum atomic E-state index is 8.98. The van der Waals surface area contributed by atoms with Crippen LogP contribution < -0.4 is 5.32 Å². The van der Waals surface area contributed by atoms with Gasteiger partial charge >= 0.3 is 0 Å². The van der Waals surface area contributed by atoms with Crippen molar-refractivity contribution in [3.8, 4) is 0 Å². The van der Waals surface area contributed by atoms with Crippen LogP contribution in [0.4, 0.5) is 0 Å². The first-order chi connectivity index (χ1) is 7.67. The molecule has 3 heteroatoms. The number of aliphatic hydroxyl groups is 1. The third kappa shape index (κ3) is 4.40. The fraction of sp³-hybridized carbons (Fsp3) is 1.00. The highest BCUT2D eigenvalue weighted by Gasteiger charge is 2.22. The Balaban J connectivity index is 2.20. The molecule has 0 amide bonds. The van der Waals surface area contributed by atoms with Crippen molar-refractivity contribution < 1.29 is 5.11 Å². The van der Waals surface area contributed by atoms with E-state index in [0.717, 1.165) is 12.5 Å². The quantitative estimate of drug-likeness (QED) is 0.720. The average Bonchev–Trinajstić information content (AvgIpc) is 2.35. The smallest absolute Gasteiger partial charge is 0.0468 e. The zero-order valence-corrected chi connectivity index (χ0v) is 11.1. The summed E-state index contributed by atoms with van der Waals surface area (Å²) in [5.74, 6) is 1.19. The molecule has 1 fully saturated rings. The molecule has 1 heterocycles. The minimum Gasteiger partial charge on any atom is -0.396 e. The molecule has 0 radical (unpaired) electrons. The van der Waals surface area contributed by atoms with Crippen molar-refractivity contribution in [2.75, 3.05) is 32.8 Å². The number of piperidine rings is 1. The lowest BCUT2D eigenvalue weighted by molar-refractivity contribution is 0.163. The Kier molecular flexibility index (Phi) is 6.32. The Morgan fingerprint density at radius 1 is 1.31 bits per heavy atom. The average molecular weight is 228 g/mol. The zero-order valence-electron chi connectivity index (χ0n) is 11.1. The van der Waals surface area contributed by atoms with Gasteiger partial charge < -0.3 is 15.3 Å². The van der Waals surface area contributed by atoms with Gasteiger partial charge in [0.2, 0.25) is 0 Å². The predicted octanol–water partition coefficient (Wildman–Crippen LogP) is 1.32. The van der Waals surface area contributed by atoms with E-state index >= 15 is 0 Å². The molecule has 0 bridgehead atoms. The summed E-state index contributed by atoms with van der Waals surface area (Å²) in [5.41, 5.74) is 0. The number of nitrogens with one attached hydrogen (secondary N) is 1. The lowest BCUT2D eigenvalue weighted by Gasteiger charge is -2.35. The number of rotatable bonds is 6. The Morgan fingerprint density at radius 2 is 1.94 bits per heavy atom. The molecule has 0 aromatic heterocycles. The van der Waals surface area contributed by atoms with Crippen LogP contribution in [0.3, 0.4) is 0 Å². The number of likely N-dealkylation sites (tertiary alicyclic amines) is 1. The first-order valence-electron chi connectivity index (χ1n) is 6.74. The van der Waals surface area contributed by atoms with Crippen molar-refractivity contribution in [3.05, 3.63) is 0 Å². The molecule has 0 aromatic carbocycles. The van der Waals surface area contributed by atoms with Gasteiger partial charge in [-0.25, -0.2) is 0 Å². The van der Waals surface area contributed by atoms with Crippen molar-refractivity contribution in [2.24, 2.45) is 11.8 Å². The predicted molar refractivity (Wildman–Crippen MR) is 68.6 cm³/mol. The second-order valence-electron chi connectivity index (χ2n) is 5.26. The van der Waals surface area contributed by atoms with Crippen LogP contribution >= 0.6 is 0 Å². The number of nitrogens with zero attached hydrogens (tertiary/aromatic N) is 1. The van der Waals surface area contributed by atoms with Crippen LogP contribution in [-0.2, 0) is 0 Å². The van der Waals surface area contributed by atoms with Gasteiger partial charge in [0.25, 0.3) is 0 Å². The van der Waals surface area contributed by atoms with Gasteiger partial charge in [-0.1, -0.05) is 13.8 Å². The highest BCUT2D eigenvalue weighted by Crippen LogP contribution is 2.20. The molecule has 0 aromatic rings. The molecule has 96 valence electrons. The summed E-state index contributed by atoms with van der Waals surface area (Å²) >= 11 is 0. The van der Waals surface area contributed by atoms with Gasteiger partial charge in [-0.15, -0.1) is 0 Å². The third-order valence-corrected chi connectivity index (χ3v) is 3.89. The second kappa shape index (κ2) is 7.25. The summed E-state index contributed by atoms with van der Waals surface area (Å²) in [5, 5.41) is 12.5. The van der Waals surface area contributed by atoms with Crippen molar-refractivity contribution >= 4 is 0 Å². The minimum atomic E-state index is 0.286. The number of hydrogen-bond donors (Lipinski definition) is 2. The molecular formula is C13H28N2O. The molecule has 1 saturated heterocycles. The van der Waals surface area contributed by atoms with E-state index in [0.29, 0.717) is 12.0 Å². The molecule has 2 N–H and O–H groups in total. The molecule has 2 atom stereocenters. The fourth-order valence-electron chi connectivity index (χ4n) is 2.39. The van der Waals surface area contributed by atoms with E-state index in [-0.39, 0.29) is 6.61 Å². The summed E-state index contributed by atoms with van der Waals surface area (Å²) < 4.78 is 0. The molecule has 0 aliphatic carbocycles. The molecule has 1 aliphatic heterocycles. The minimum absolute atomic E-state index is 0.286. The standard InChI is InChI=1S/C13H28N2O/c1-4-15-7-5-13(6-8-15)12(3)14-9-11(2)10-16/h11-14,16H,4-10H2,1-3H3. The first-order valence-corrected chi connectivity index (χ1v) is 6.74. The Bertz CT molecular complexity index is 179. The fourth-order valence-corrected chi connectivity index (χ4v) is 2.39. The molecule has 1 aliphatic rings. The zero-order chi connectivity index (χ0) is 12.0. The van der Waals surface area contributed by atoms with Crippen LogP contribution in [0.2, 0.25) is 0 Å². The summed E-state index contributed by atoms with van der Waals surface area (Å²) in [6, 6.07) is 0.591. The van der Waals surface area contributed by atoms with Gasteiger partial charge in [0.15, 0.2) is 0 Å². The van der Waals surface area contributed by atoms with Gasteiger partial charge in [-0.05, 0) is 51.2 Å². The van der Waals surface area contributed by atoms with Crippen molar-refractivity contribution in [3.63, 3.8) is 0 Å². The second-order valence-corrected chi connectivity index (χ2v) is 5.26. The Morgan fingerprint density at radius 3 is 2.44 bits per heavy atom. The van der Waals surface area contributed by atoms with E-state index in [1.54, 1.807) is 0 Å². The maximum absolute atomic E-state index is 8.98. The van der Waals surface area contributed by atoms with Crippen LogP contribution in [0.5, 0.6) is 0 Å². The van der Waals surface area contributed by atoms with Gasteiger partial charge in [0, 0.05) is 19.2 Å². The summed E-state index contributed by atoms with van der Waals surface area (Å²) in [7, 11) is 0. The van der Waals surface area contributed by atoms with E-state index < -0.39 is 0 Å². The lowest BCUT2D eigenvalue weighted by atomic mass is 9.90. The van der Waals surface area contributed by atoms with Crippen LogP contribution in [0.15, 0.2) is 0 Å². The highest BCUT2D eigenvalue weighted by molar-refractivity contribution is 4.79. The van der Waals surface area contributed by atoms with Crippen LogP contribution in [0.25, 0.3) is 0 Å². The lowest BCUT2D eigenvalue weighted by Crippen LogP contribution is -2.43. The van der Waals surface area contributed by atoms with E-state index in [2.05, 4.69) is 31.0 Å². The van der Waals surface area contributed by atoms with Gasteiger partial charge in [-0.2, -0.15) is 0 Å². The Hall–Kier alpha value is -0.120. The first kappa shape index (κ1) is 13.9. The summed E-state index contributed by atoms with van der Waals surface area (Å²) in [6.45, 7) is 11.5. The summed E-state index contributed by atoms with van der Waals surface area (Å²) in [6.07, 6.45) is 2.63.